The first kappa shape index (κ1) is 118. The molecule has 0 aromatic heterocycles. The molecule has 0 aliphatic carbocycles. The van der Waals surface area contributed by atoms with E-state index in [2.05, 4.69) is 16.0 Å². The van der Waals surface area contributed by atoms with E-state index in [0.29, 0.717) is 173 Å². The van der Waals surface area contributed by atoms with Gasteiger partial charge in [0.05, 0.1) is 59.5 Å². The Morgan fingerprint density at radius 3 is 0.764 bits per heavy atom. The summed E-state index contributed by atoms with van der Waals surface area (Å²) in [5, 5.41) is 108. The zero-order valence-electron chi connectivity index (χ0n) is 73.2. The highest BCUT2D eigenvalue weighted by Gasteiger charge is 2.48. The van der Waals surface area contributed by atoms with E-state index in [1.165, 1.54) is 42.6 Å². The predicted octanol–water partition coefficient (Wildman–Crippen LogP) is 3.36. The zero-order valence-corrected chi connectivity index (χ0v) is 75.0. The van der Waals surface area contributed by atoms with Crippen LogP contribution in [0.15, 0.2) is 0 Å². The fourth-order valence-corrected chi connectivity index (χ4v) is 14.9. The summed E-state index contributed by atoms with van der Waals surface area (Å²) in [4.78, 5) is 139. The highest BCUT2D eigenvalue weighted by atomic mass is 31.2. The van der Waals surface area contributed by atoms with Gasteiger partial charge in [0, 0.05) is 145 Å². The number of phosphoric acid groups is 2. The van der Waals surface area contributed by atoms with Crippen LogP contribution >= 0.6 is 15.6 Å². The lowest BCUT2D eigenvalue weighted by molar-refractivity contribution is -0.270. The fraction of sp³-hybridized carbons (Fsp3) is 0.889. The third-order valence-electron chi connectivity index (χ3n) is 20.1. The van der Waals surface area contributed by atoms with Crippen molar-refractivity contribution in [1.29, 1.82) is 0 Å². The van der Waals surface area contributed by atoms with Crippen molar-refractivity contribution in [2.75, 3.05) is 126 Å². The molecule has 6 amide bonds. The van der Waals surface area contributed by atoms with E-state index >= 15 is 0 Å². The van der Waals surface area contributed by atoms with Gasteiger partial charge < -0.3 is 125 Å². The van der Waals surface area contributed by atoms with Crippen LogP contribution in [-0.4, -0.2) is 346 Å². The molecular weight excluding hydrogens is 1660 g/mol. The van der Waals surface area contributed by atoms with E-state index in [9.17, 15) is 113 Å². The minimum Gasteiger partial charge on any atom is -0.395 e. The number of unbranched alkanes of at least 4 members (excludes halogenated alkanes) is 15. The van der Waals surface area contributed by atoms with Crippen LogP contribution in [0.5, 0.6) is 0 Å². The molecule has 17 unspecified atom stereocenters. The number of hydrogen-bond acceptors (Lipinski definition) is 32. The smallest absolute Gasteiger partial charge is 0.395 e. The van der Waals surface area contributed by atoms with E-state index in [4.69, 9.17) is 51.3 Å². The van der Waals surface area contributed by atoms with Crippen LogP contribution in [0.4, 0.5) is 0 Å². The van der Waals surface area contributed by atoms with Crippen molar-refractivity contribution in [2.45, 2.75) is 340 Å². The molecule has 0 aromatic carbocycles. The molecule has 3 fully saturated rings. The Morgan fingerprint density at radius 1 is 0.325 bits per heavy atom. The number of phosphoric ester groups is 2. The molecule has 0 spiro atoms. The minimum atomic E-state index is -4.84. The zero-order chi connectivity index (χ0) is 91.4. The monoisotopic (exact) mass is 1820 g/mol. The van der Waals surface area contributed by atoms with E-state index in [1.807, 2.05) is 27.7 Å². The molecule has 0 bridgehead atoms. The number of rotatable bonds is 69. The number of nitrogens with one attached hydrogen (secondary N) is 3. The van der Waals surface area contributed by atoms with E-state index in [-0.39, 0.29) is 122 Å². The molecule has 42 heteroatoms. The van der Waals surface area contributed by atoms with Gasteiger partial charge in [0.25, 0.3) is 0 Å². The first-order valence-electron chi connectivity index (χ1n) is 43.6. The second kappa shape index (κ2) is 70.3. The lowest BCUT2D eigenvalue weighted by Gasteiger charge is -2.42. The van der Waals surface area contributed by atoms with Gasteiger partial charge in [-0.25, -0.2) is 9.13 Å². The molecule has 3 rings (SSSR count). The quantitative estimate of drug-likeness (QED) is 0.0307. The van der Waals surface area contributed by atoms with E-state index in [0.717, 1.165) is 0 Å². The lowest BCUT2D eigenvalue weighted by atomic mass is 9.97. The van der Waals surface area contributed by atoms with Gasteiger partial charge in [-0.05, 0) is 77.0 Å². The van der Waals surface area contributed by atoms with Crippen LogP contribution in [0.25, 0.3) is 0 Å². The molecule has 0 aromatic rings. The van der Waals surface area contributed by atoms with Crippen LogP contribution < -0.4 is 16.0 Å². The number of ether oxygens (including phenoxy) is 7. The van der Waals surface area contributed by atoms with Crippen molar-refractivity contribution in [3.8, 4) is 0 Å². The first-order valence-corrected chi connectivity index (χ1v) is 46.6. The van der Waals surface area contributed by atoms with E-state index in [1.54, 1.807) is 0 Å². The summed E-state index contributed by atoms with van der Waals surface area (Å²) in [6.45, 7) is 7.32. The number of hydrogen-bond donors (Lipinski definition) is 15. The molecule has 17 atom stereocenters. The molecular formula is C81H154N6O34P2. The maximum absolute atomic E-state index is 13.7. The maximum Gasteiger partial charge on any atom is 0.472 e. The van der Waals surface area contributed by atoms with Crippen molar-refractivity contribution in [2.24, 2.45) is 0 Å². The van der Waals surface area contributed by atoms with Gasteiger partial charge in [-0.15, -0.1) is 0 Å². The van der Waals surface area contributed by atoms with Gasteiger partial charge in [-0.3, -0.25) is 61.2 Å². The molecule has 15 N–H and O–H groups in total. The van der Waals surface area contributed by atoms with Crippen LogP contribution in [0.1, 0.15) is 249 Å². The third-order valence-corrected chi connectivity index (χ3v) is 22.2. The average molecular weight is 1820 g/mol. The Kier molecular flexibility index (Phi) is 67.6. The van der Waals surface area contributed by atoms with Crippen LogP contribution in [0.2, 0.25) is 0 Å². The van der Waals surface area contributed by atoms with Crippen molar-refractivity contribution >= 4 is 68.4 Å². The van der Waals surface area contributed by atoms with Gasteiger partial charge >= 0.3 is 15.6 Å². The summed E-state index contributed by atoms with van der Waals surface area (Å²) in [5.74, 6) is -2.32. The highest BCUT2D eigenvalue weighted by Crippen LogP contribution is 2.44. The maximum atomic E-state index is 13.7. The summed E-state index contributed by atoms with van der Waals surface area (Å²) >= 11 is 0. The molecule has 40 nitrogen and oxygen atoms in total. The number of amides is 6. The number of ketones is 3. The van der Waals surface area contributed by atoms with Gasteiger partial charge in [0.2, 0.25) is 35.4 Å². The number of aliphatic hydroxyl groups excluding tert-OH is 10. The molecule has 3 saturated heterocycles. The number of nitrogens with zero attached hydrogens (tertiary/aromatic N) is 3. The number of carbonyl (C=O) groups excluding carboxylic acids is 9. The van der Waals surface area contributed by atoms with Crippen LogP contribution in [0, 0.1) is 0 Å². The van der Waals surface area contributed by atoms with Gasteiger partial charge in [0.15, 0.2) is 18.9 Å². The van der Waals surface area contributed by atoms with Crippen molar-refractivity contribution in [1.82, 2.24) is 30.7 Å². The summed E-state index contributed by atoms with van der Waals surface area (Å²) in [5.41, 5.74) is 0. The van der Waals surface area contributed by atoms with Crippen molar-refractivity contribution in [3.05, 3.63) is 0 Å². The topological polar surface area (TPSA) is 578 Å². The summed E-state index contributed by atoms with van der Waals surface area (Å²) < 4.78 is 86.3. The summed E-state index contributed by atoms with van der Waals surface area (Å²) in [6.07, 6.45) is -0.978. The largest absolute Gasteiger partial charge is 0.472 e. The molecule has 0 saturated carbocycles. The fourth-order valence-electron chi connectivity index (χ4n) is 13.5. The molecule has 0 radical (unpaired) electrons. The van der Waals surface area contributed by atoms with Gasteiger partial charge in [-0.2, -0.15) is 0 Å². The Morgan fingerprint density at radius 2 is 0.545 bits per heavy atom. The minimum absolute atomic E-state index is 0. The van der Waals surface area contributed by atoms with Crippen molar-refractivity contribution in [3.63, 3.8) is 0 Å². The molecule has 3 aliphatic rings. The number of Topliss-reactive ketones (excluding diaryl/α,β-unsaturated/α-hetero) is 3. The highest BCUT2D eigenvalue weighted by molar-refractivity contribution is 7.47. The second-order valence-corrected chi connectivity index (χ2v) is 32.7. The standard InChI is InChI=1S/C76H138N6O34P2.2C2H6.CH4/c1-53(87)77-65-71(99)68(96)59(50-84)114-74(65)107-42-23-11-17-29-56(90)26-14-5-8-20-32-62(93)80(35-41-83)37-46-110-117(102,103)112-48-39-82(64(95)34-22-10-7-16-28-58(92)31-19-13-25-44-109-76-67(79-55(3)89)73(101)70(98)61(52-86)116-76)40-49-113-118(104,105)111-47-38-81(36-45-106-4)63(94)33-21-9-6-15-27-57(91)30-18-12-24-43-108-75-66(78-54(2)88)72(100)69(97)60(51-85)115-75;2*1-2;/h59-61,65-76,83-86,96-101H,5-52H2,1-4H3,(H,77,87)(H,78,88)(H,79,89)(H,102,103)(H,104,105);2*1-2H3;1H4. The normalized spacial score (nSPS) is 23.4. The third kappa shape index (κ3) is 51.4. The molecule has 722 valence electrons. The second-order valence-electron chi connectivity index (χ2n) is 29.8. The van der Waals surface area contributed by atoms with Gasteiger partial charge in [-0.1, -0.05) is 92.9 Å². The number of carbonyl (C=O) groups is 9. The Labute approximate surface area is 726 Å². The SMILES string of the molecule is C.CC.CC.COCCN(CCOP(=O)(O)OCCN(CCOP(=O)(O)OCCN(CCO)C(=O)CCCCCCC(=O)CCCCCOC1OC(CO)C(O)C(O)C1NC(C)=O)C(=O)CCCCCCC(=O)CCCCCOC1OC(CO)C(O)C(O)C1NC(C)=O)C(=O)CCCCCCC(=O)CCCCCOC1OC(CO)C(O)C(O)C1NC(C)=O. The molecule has 3 heterocycles. The Bertz CT molecular complexity index is 2980. The predicted molar refractivity (Wildman–Crippen MR) is 449 cm³/mol. The van der Waals surface area contributed by atoms with Crippen molar-refractivity contribution < 1.29 is 164 Å². The average Bonchev–Trinajstić information content (AvgIpc) is 0.817. The molecule has 3 aliphatic heterocycles. The number of methoxy groups -OCH3 is 1. The van der Waals surface area contributed by atoms with E-state index < -0.39 is 184 Å². The Hall–Kier alpha value is -4.63. The number of aliphatic hydroxyl groups is 10. The summed E-state index contributed by atoms with van der Waals surface area (Å²) in [6, 6.07) is -3.17. The van der Waals surface area contributed by atoms with Crippen LogP contribution in [0.3, 0.4) is 0 Å². The lowest BCUT2D eigenvalue weighted by Crippen LogP contribution is -2.64. The first-order chi connectivity index (χ1) is 58.3. The Balaban J connectivity index is 0.0000293. The summed E-state index contributed by atoms with van der Waals surface area (Å²) in [7, 11) is -8.20. The van der Waals surface area contributed by atoms with Gasteiger partial charge in [0.1, 0.15) is 90.4 Å². The van der Waals surface area contributed by atoms with Crippen LogP contribution in [-0.2, 0) is 104 Å². The molecule has 123 heavy (non-hydrogen) atoms.